The maximum atomic E-state index is 12.2. The van der Waals surface area contributed by atoms with Crippen molar-refractivity contribution in [1.29, 1.82) is 0 Å². The number of fused-ring (bicyclic) bond motifs is 1. The number of benzene rings is 2. The number of ether oxygens (including phenoxy) is 1. The predicted octanol–water partition coefficient (Wildman–Crippen LogP) is 4.38. The lowest BCUT2D eigenvalue weighted by atomic mass is 10.1. The Kier molecular flexibility index (Phi) is 5.50. The number of nitrogens with zero attached hydrogens (tertiary/aromatic N) is 2. The standard InChI is InChI=1S/C25H24N6O2/c1-15(2)33-25(32)22-11-17-3-4-18(12-21(17)30-22)24-26-10-9-23(31-24)29-20-7-5-16(6-8-20)19-13-27-28-14-19/h3-13,15,27-28,30H,14H2,1-2H3,(H,26,29,31). The minimum Gasteiger partial charge on any atom is -0.458 e. The Morgan fingerprint density at radius 2 is 1.88 bits per heavy atom. The highest BCUT2D eigenvalue weighted by Gasteiger charge is 2.14. The lowest BCUT2D eigenvalue weighted by Gasteiger charge is -2.08. The van der Waals surface area contributed by atoms with Crippen LogP contribution in [0.2, 0.25) is 0 Å². The molecule has 0 unspecified atom stereocenters. The molecule has 5 rings (SSSR count). The molecule has 2 aromatic heterocycles. The molecular weight excluding hydrogens is 416 g/mol. The first kappa shape index (κ1) is 20.7. The average molecular weight is 441 g/mol. The third-order valence-corrected chi connectivity index (χ3v) is 5.25. The lowest BCUT2D eigenvalue weighted by Crippen LogP contribution is -2.20. The molecule has 166 valence electrons. The fraction of sp³-hybridized carbons (Fsp3) is 0.160. The molecule has 33 heavy (non-hydrogen) atoms. The van der Waals surface area contributed by atoms with Crippen LogP contribution in [0.3, 0.4) is 0 Å². The van der Waals surface area contributed by atoms with E-state index in [0.717, 1.165) is 34.3 Å². The van der Waals surface area contributed by atoms with E-state index >= 15 is 0 Å². The number of H-pyrrole nitrogens is 1. The van der Waals surface area contributed by atoms with Gasteiger partial charge in [0.25, 0.3) is 0 Å². The van der Waals surface area contributed by atoms with Gasteiger partial charge < -0.3 is 20.5 Å². The van der Waals surface area contributed by atoms with Crippen molar-refractivity contribution in [2.24, 2.45) is 0 Å². The van der Waals surface area contributed by atoms with Crippen LogP contribution in [0.25, 0.3) is 27.9 Å². The fourth-order valence-corrected chi connectivity index (χ4v) is 3.66. The van der Waals surface area contributed by atoms with Gasteiger partial charge in [0.05, 0.1) is 6.10 Å². The number of rotatable bonds is 6. The highest BCUT2D eigenvalue weighted by Crippen LogP contribution is 2.25. The van der Waals surface area contributed by atoms with Gasteiger partial charge in [-0.05, 0) is 55.3 Å². The third kappa shape index (κ3) is 4.56. The van der Waals surface area contributed by atoms with Gasteiger partial charge in [-0.25, -0.2) is 20.2 Å². The molecule has 0 atom stereocenters. The molecule has 0 spiro atoms. The van der Waals surface area contributed by atoms with E-state index in [2.05, 4.69) is 43.3 Å². The highest BCUT2D eigenvalue weighted by atomic mass is 16.5. The number of esters is 1. The van der Waals surface area contributed by atoms with E-state index in [0.29, 0.717) is 17.3 Å². The Morgan fingerprint density at radius 3 is 2.64 bits per heavy atom. The van der Waals surface area contributed by atoms with Gasteiger partial charge in [0.1, 0.15) is 11.5 Å². The van der Waals surface area contributed by atoms with Crippen LogP contribution in [0, 0.1) is 0 Å². The largest absolute Gasteiger partial charge is 0.458 e. The number of carbonyl (C=O) groups is 1. The van der Waals surface area contributed by atoms with Gasteiger partial charge in [-0.2, -0.15) is 0 Å². The number of aromatic nitrogens is 3. The molecule has 0 bridgehead atoms. The minimum absolute atomic E-state index is 0.173. The number of hydrogen-bond donors (Lipinski definition) is 4. The predicted molar refractivity (Wildman–Crippen MR) is 129 cm³/mol. The number of carbonyl (C=O) groups excluding carboxylic acids is 1. The summed E-state index contributed by atoms with van der Waals surface area (Å²) in [6, 6.07) is 17.6. The first-order valence-corrected chi connectivity index (χ1v) is 10.8. The highest BCUT2D eigenvalue weighted by molar-refractivity contribution is 5.95. The first-order valence-electron chi connectivity index (χ1n) is 10.8. The molecule has 3 heterocycles. The summed E-state index contributed by atoms with van der Waals surface area (Å²) in [4.78, 5) is 24.4. The van der Waals surface area contributed by atoms with Gasteiger partial charge in [-0.3, -0.25) is 0 Å². The number of aromatic amines is 1. The van der Waals surface area contributed by atoms with Crippen molar-refractivity contribution in [3.8, 4) is 11.4 Å². The second-order valence-corrected chi connectivity index (χ2v) is 8.07. The van der Waals surface area contributed by atoms with E-state index in [1.807, 2.05) is 56.4 Å². The van der Waals surface area contributed by atoms with E-state index in [9.17, 15) is 4.79 Å². The van der Waals surface area contributed by atoms with Crippen LogP contribution in [0.1, 0.15) is 29.9 Å². The summed E-state index contributed by atoms with van der Waals surface area (Å²) in [5, 5.41) is 4.26. The SMILES string of the molecule is CC(C)OC(=O)c1cc2ccc(-c3nccc(Nc4ccc(C5=CNNC5)cc4)n3)cc2[nH]1. The summed E-state index contributed by atoms with van der Waals surface area (Å²) in [6.07, 6.45) is 3.52. The van der Waals surface area contributed by atoms with Crippen LogP contribution in [0.5, 0.6) is 0 Å². The molecule has 1 aliphatic heterocycles. The van der Waals surface area contributed by atoms with E-state index in [1.165, 1.54) is 5.57 Å². The van der Waals surface area contributed by atoms with Crippen molar-refractivity contribution in [2.75, 3.05) is 11.9 Å². The van der Waals surface area contributed by atoms with E-state index in [4.69, 9.17) is 4.74 Å². The molecule has 0 aliphatic carbocycles. The molecule has 4 aromatic rings. The summed E-state index contributed by atoms with van der Waals surface area (Å²) < 4.78 is 5.28. The molecule has 0 saturated carbocycles. The number of hydrogen-bond acceptors (Lipinski definition) is 7. The monoisotopic (exact) mass is 440 g/mol. The molecule has 1 aliphatic rings. The first-order chi connectivity index (χ1) is 16.0. The van der Waals surface area contributed by atoms with Crippen molar-refractivity contribution in [2.45, 2.75) is 20.0 Å². The zero-order valence-corrected chi connectivity index (χ0v) is 18.3. The smallest absolute Gasteiger partial charge is 0.355 e. The van der Waals surface area contributed by atoms with Gasteiger partial charge in [0.2, 0.25) is 0 Å². The average Bonchev–Trinajstić information content (AvgIpc) is 3.49. The summed E-state index contributed by atoms with van der Waals surface area (Å²) in [6.45, 7) is 4.45. The van der Waals surface area contributed by atoms with Crippen molar-refractivity contribution in [3.05, 3.63) is 78.3 Å². The minimum atomic E-state index is -0.368. The van der Waals surface area contributed by atoms with Crippen LogP contribution >= 0.6 is 0 Å². The third-order valence-electron chi connectivity index (χ3n) is 5.25. The maximum Gasteiger partial charge on any atom is 0.355 e. The van der Waals surface area contributed by atoms with E-state index in [-0.39, 0.29) is 12.1 Å². The number of hydrazine groups is 1. The van der Waals surface area contributed by atoms with Gasteiger partial charge >= 0.3 is 5.97 Å². The van der Waals surface area contributed by atoms with Crippen LogP contribution in [-0.2, 0) is 4.74 Å². The molecule has 0 saturated heterocycles. The van der Waals surface area contributed by atoms with Crippen molar-refractivity contribution >= 4 is 34.0 Å². The second-order valence-electron chi connectivity index (χ2n) is 8.07. The normalized spacial score (nSPS) is 13.1. The molecular formula is C25H24N6O2. The molecule has 2 aromatic carbocycles. The lowest BCUT2D eigenvalue weighted by molar-refractivity contribution is 0.0372. The summed E-state index contributed by atoms with van der Waals surface area (Å²) in [5.74, 6) is 0.921. The van der Waals surface area contributed by atoms with Gasteiger partial charge in [0.15, 0.2) is 5.82 Å². The Labute approximate surface area is 191 Å². The second kappa shape index (κ2) is 8.76. The quantitative estimate of drug-likeness (QED) is 0.330. The number of nitrogens with one attached hydrogen (secondary N) is 4. The van der Waals surface area contributed by atoms with Crippen LogP contribution in [0.15, 0.2) is 67.0 Å². The van der Waals surface area contributed by atoms with Gasteiger partial charge in [0, 0.05) is 41.1 Å². The Morgan fingerprint density at radius 1 is 1.06 bits per heavy atom. The van der Waals surface area contributed by atoms with Crippen molar-refractivity contribution in [1.82, 2.24) is 25.8 Å². The van der Waals surface area contributed by atoms with Crippen LogP contribution in [-0.4, -0.2) is 33.6 Å². The van der Waals surface area contributed by atoms with E-state index < -0.39 is 0 Å². The molecule has 0 amide bonds. The maximum absolute atomic E-state index is 12.2. The summed E-state index contributed by atoms with van der Waals surface area (Å²) in [7, 11) is 0. The topological polar surface area (TPSA) is 104 Å². The summed E-state index contributed by atoms with van der Waals surface area (Å²) in [5.41, 5.74) is 11.5. The van der Waals surface area contributed by atoms with Gasteiger partial charge in [-0.15, -0.1) is 0 Å². The van der Waals surface area contributed by atoms with Crippen molar-refractivity contribution in [3.63, 3.8) is 0 Å². The zero-order chi connectivity index (χ0) is 22.8. The molecule has 8 nitrogen and oxygen atoms in total. The molecule has 8 heteroatoms. The van der Waals surface area contributed by atoms with Crippen molar-refractivity contribution < 1.29 is 9.53 Å². The van der Waals surface area contributed by atoms with Crippen LogP contribution in [0.4, 0.5) is 11.5 Å². The van der Waals surface area contributed by atoms with Crippen LogP contribution < -0.4 is 16.2 Å². The fourth-order valence-electron chi connectivity index (χ4n) is 3.66. The molecule has 0 fully saturated rings. The Balaban J connectivity index is 1.35. The molecule has 0 radical (unpaired) electrons. The van der Waals surface area contributed by atoms with E-state index in [1.54, 1.807) is 12.3 Å². The summed E-state index contributed by atoms with van der Waals surface area (Å²) >= 11 is 0. The van der Waals surface area contributed by atoms with Gasteiger partial charge in [-0.1, -0.05) is 24.3 Å². The Bertz CT molecular complexity index is 1340. The molecule has 4 N–H and O–H groups in total. The zero-order valence-electron chi connectivity index (χ0n) is 18.3. The Hall–Kier alpha value is -4.17. The number of anilines is 2.